The number of nitrogens with one attached hydrogen (secondary N) is 1. The quantitative estimate of drug-likeness (QED) is 0.774. The molecule has 2 fully saturated rings. The summed E-state index contributed by atoms with van der Waals surface area (Å²) in [6, 6.07) is -0.694. The van der Waals surface area contributed by atoms with Crippen LogP contribution in [0.15, 0.2) is 0 Å². The Hall–Kier alpha value is -1.02. The molecule has 0 saturated carbocycles. The van der Waals surface area contributed by atoms with Crippen LogP contribution < -0.4 is 5.32 Å². The summed E-state index contributed by atoms with van der Waals surface area (Å²) in [5.74, 6) is -0.624. The molecule has 0 aromatic heterocycles. The number of halogens is 3. The van der Waals surface area contributed by atoms with Crippen LogP contribution in [0.4, 0.5) is 18.0 Å². The maximum Gasteiger partial charge on any atom is 0.405 e. The molecule has 2 amide bonds. The van der Waals surface area contributed by atoms with Gasteiger partial charge in [0, 0.05) is 25.9 Å². The van der Waals surface area contributed by atoms with Gasteiger partial charge in [0.05, 0.1) is 13.2 Å². The van der Waals surface area contributed by atoms with E-state index in [-0.39, 0.29) is 0 Å². The van der Waals surface area contributed by atoms with Gasteiger partial charge in [-0.1, -0.05) is 0 Å². The van der Waals surface area contributed by atoms with E-state index in [0.29, 0.717) is 39.1 Å². The van der Waals surface area contributed by atoms with Crippen molar-refractivity contribution in [2.24, 2.45) is 0 Å². The van der Waals surface area contributed by atoms with E-state index in [1.165, 1.54) is 4.90 Å². The molecule has 0 aromatic rings. The third kappa shape index (κ3) is 3.26. The minimum absolute atomic E-state index is 0.337. The van der Waals surface area contributed by atoms with E-state index >= 15 is 0 Å². The zero-order valence-corrected chi connectivity index (χ0v) is 9.76. The topological polar surface area (TPSA) is 50.8 Å². The second-order valence-corrected chi connectivity index (χ2v) is 4.37. The SMILES string of the molecule is O=C(NCC(F)(F)F)N1CCC2(CC1)OCCO2. The van der Waals surface area contributed by atoms with E-state index in [0.717, 1.165) is 0 Å². The van der Waals surface area contributed by atoms with Gasteiger partial charge in [0.2, 0.25) is 0 Å². The molecule has 0 unspecified atom stereocenters. The molecule has 0 radical (unpaired) electrons. The van der Waals surface area contributed by atoms with Crippen LogP contribution in [0, 0.1) is 0 Å². The Morgan fingerprint density at radius 1 is 1.22 bits per heavy atom. The number of rotatable bonds is 1. The zero-order valence-electron chi connectivity index (χ0n) is 9.76. The first-order chi connectivity index (χ1) is 8.40. The number of likely N-dealkylation sites (tertiary alicyclic amines) is 1. The second-order valence-electron chi connectivity index (χ2n) is 4.37. The Kier molecular flexibility index (Phi) is 3.67. The summed E-state index contributed by atoms with van der Waals surface area (Å²) in [7, 11) is 0. The number of nitrogens with zero attached hydrogens (tertiary/aromatic N) is 1. The number of alkyl halides is 3. The molecule has 0 aliphatic carbocycles. The van der Waals surface area contributed by atoms with Crippen molar-refractivity contribution in [2.75, 3.05) is 32.8 Å². The number of carbonyl (C=O) groups excluding carboxylic acids is 1. The van der Waals surface area contributed by atoms with E-state index in [4.69, 9.17) is 9.47 Å². The molecule has 18 heavy (non-hydrogen) atoms. The molecule has 8 heteroatoms. The van der Waals surface area contributed by atoms with E-state index in [1.807, 2.05) is 5.32 Å². The smallest absolute Gasteiger partial charge is 0.347 e. The Balaban J connectivity index is 1.77. The molecule has 0 bridgehead atoms. The summed E-state index contributed by atoms with van der Waals surface area (Å²) in [6.07, 6.45) is -3.40. The van der Waals surface area contributed by atoms with Crippen molar-refractivity contribution in [1.82, 2.24) is 10.2 Å². The molecule has 0 atom stereocenters. The average Bonchev–Trinajstić information content (AvgIpc) is 2.75. The van der Waals surface area contributed by atoms with Crippen LogP contribution in [-0.2, 0) is 9.47 Å². The molecule has 2 aliphatic rings. The molecule has 104 valence electrons. The van der Waals surface area contributed by atoms with Crippen molar-refractivity contribution in [3.8, 4) is 0 Å². The highest BCUT2D eigenvalue weighted by Crippen LogP contribution is 2.31. The Morgan fingerprint density at radius 3 is 2.28 bits per heavy atom. The van der Waals surface area contributed by atoms with E-state index in [2.05, 4.69) is 0 Å². The lowest BCUT2D eigenvalue weighted by Crippen LogP contribution is -2.51. The van der Waals surface area contributed by atoms with E-state index < -0.39 is 24.5 Å². The maximum atomic E-state index is 12.0. The number of carbonyl (C=O) groups is 1. The van der Waals surface area contributed by atoms with Crippen LogP contribution in [0.2, 0.25) is 0 Å². The normalized spacial score (nSPS) is 23.4. The maximum absolute atomic E-state index is 12.0. The van der Waals surface area contributed by atoms with Gasteiger partial charge < -0.3 is 19.7 Å². The molecule has 2 rings (SSSR count). The van der Waals surface area contributed by atoms with Crippen molar-refractivity contribution in [1.29, 1.82) is 0 Å². The molecule has 2 aliphatic heterocycles. The summed E-state index contributed by atoms with van der Waals surface area (Å²) >= 11 is 0. The molecular formula is C10H15F3N2O3. The first-order valence-corrected chi connectivity index (χ1v) is 5.78. The lowest BCUT2D eigenvalue weighted by molar-refractivity contribution is -0.181. The van der Waals surface area contributed by atoms with Gasteiger partial charge in [0.1, 0.15) is 6.54 Å². The van der Waals surface area contributed by atoms with E-state index in [1.54, 1.807) is 0 Å². The van der Waals surface area contributed by atoms with Crippen molar-refractivity contribution < 1.29 is 27.4 Å². The van der Waals surface area contributed by atoms with Gasteiger partial charge >= 0.3 is 12.2 Å². The number of hydrogen-bond donors (Lipinski definition) is 1. The zero-order chi connectivity index (χ0) is 13.2. The Bertz CT molecular complexity index is 306. The third-order valence-electron chi connectivity index (χ3n) is 3.07. The molecule has 5 nitrogen and oxygen atoms in total. The number of amides is 2. The highest BCUT2D eigenvalue weighted by atomic mass is 19.4. The number of piperidine rings is 1. The molecule has 1 spiro atoms. The van der Waals surface area contributed by atoms with Crippen LogP contribution in [0.1, 0.15) is 12.8 Å². The summed E-state index contributed by atoms with van der Waals surface area (Å²) in [5.41, 5.74) is 0. The summed E-state index contributed by atoms with van der Waals surface area (Å²) in [6.45, 7) is 0.425. The monoisotopic (exact) mass is 268 g/mol. The first kappa shape index (κ1) is 13.4. The molecule has 2 saturated heterocycles. The van der Waals surface area contributed by atoms with Gasteiger partial charge in [-0.2, -0.15) is 13.2 Å². The Morgan fingerprint density at radius 2 is 1.78 bits per heavy atom. The Labute approximate surface area is 102 Å². The van der Waals surface area contributed by atoms with Crippen LogP contribution in [0.5, 0.6) is 0 Å². The molecule has 2 heterocycles. The average molecular weight is 268 g/mol. The van der Waals surface area contributed by atoms with Gasteiger partial charge in [-0.3, -0.25) is 0 Å². The largest absolute Gasteiger partial charge is 0.405 e. The second kappa shape index (κ2) is 4.93. The third-order valence-corrected chi connectivity index (χ3v) is 3.07. The van der Waals surface area contributed by atoms with Crippen molar-refractivity contribution in [3.63, 3.8) is 0 Å². The van der Waals surface area contributed by atoms with Gasteiger partial charge in [0.15, 0.2) is 5.79 Å². The van der Waals surface area contributed by atoms with Gasteiger partial charge in [-0.05, 0) is 0 Å². The predicted molar refractivity (Wildman–Crippen MR) is 54.9 cm³/mol. The minimum Gasteiger partial charge on any atom is -0.347 e. The van der Waals surface area contributed by atoms with Gasteiger partial charge in [-0.25, -0.2) is 4.79 Å². The lowest BCUT2D eigenvalue weighted by atomic mass is 10.0. The number of hydrogen-bond acceptors (Lipinski definition) is 3. The summed E-state index contributed by atoms with van der Waals surface area (Å²) < 4.78 is 46.8. The van der Waals surface area contributed by atoms with Crippen LogP contribution in [-0.4, -0.2) is 55.7 Å². The van der Waals surface area contributed by atoms with Crippen LogP contribution >= 0.6 is 0 Å². The highest BCUT2D eigenvalue weighted by molar-refractivity contribution is 5.74. The van der Waals surface area contributed by atoms with Crippen LogP contribution in [0.25, 0.3) is 0 Å². The van der Waals surface area contributed by atoms with Crippen molar-refractivity contribution in [3.05, 3.63) is 0 Å². The molecule has 0 aromatic carbocycles. The fraction of sp³-hybridized carbons (Fsp3) is 0.900. The molecule has 1 N–H and O–H groups in total. The van der Waals surface area contributed by atoms with E-state index in [9.17, 15) is 18.0 Å². The fourth-order valence-corrected chi connectivity index (χ4v) is 2.12. The summed E-state index contributed by atoms with van der Waals surface area (Å²) in [5, 5.41) is 1.85. The predicted octanol–water partition coefficient (Wildman–Crippen LogP) is 1.10. The number of ether oxygens (including phenoxy) is 2. The van der Waals surface area contributed by atoms with Gasteiger partial charge in [-0.15, -0.1) is 0 Å². The van der Waals surface area contributed by atoms with Gasteiger partial charge in [0.25, 0.3) is 0 Å². The fourth-order valence-electron chi connectivity index (χ4n) is 2.12. The highest BCUT2D eigenvalue weighted by Gasteiger charge is 2.41. The summed E-state index contributed by atoms with van der Waals surface area (Å²) in [4.78, 5) is 12.8. The molecular weight excluding hydrogens is 253 g/mol. The lowest BCUT2D eigenvalue weighted by Gasteiger charge is -2.37. The standard InChI is InChI=1S/C10H15F3N2O3/c11-10(12,13)7-14-8(16)15-3-1-9(2-4-15)17-5-6-18-9/h1-7H2,(H,14,16). The van der Waals surface area contributed by atoms with Crippen molar-refractivity contribution in [2.45, 2.75) is 24.8 Å². The first-order valence-electron chi connectivity index (χ1n) is 5.78. The number of urea groups is 1. The van der Waals surface area contributed by atoms with Crippen molar-refractivity contribution >= 4 is 6.03 Å². The van der Waals surface area contributed by atoms with Crippen LogP contribution in [0.3, 0.4) is 0 Å². The minimum atomic E-state index is -4.38.